The van der Waals surface area contributed by atoms with E-state index in [0.29, 0.717) is 17.3 Å². The van der Waals surface area contributed by atoms with Crippen molar-refractivity contribution < 1.29 is 0 Å². The topological polar surface area (TPSA) is 55.6 Å². The Bertz CT molecular complexity index is 636. The van der Waals surface area contributed by atoms with E-state index < -0.39 is 0 Å². The van der Waals surface area contributed by atoms with Gasteiger partial charge in [0.2, 0.25) is 5.16 Å². The molecule has 0 bridgehead atoms. The summed E-state index contributed by atoms with van der Waals surface area (Å²) in [6, 6.07) is 9.65. The number of fused-ring (bicyclic) bond motifs is 1. The molecule has 2 aromatic rings. The molecule has 0 amide bonds. The van der Waals surface area contributed by atoms with Crippen LogP contribution in [0.4, 0.5) is 0 Å². The molecule has 1 aromatic heterocycles. The quantitative estimate of drug-likeness (QED) is 0.939. The number of aromatic nitrogens is 4. The molecular weight excluding hydrogens is 282 g/mol. The lowest BCUT2D eigenvalue weighted by atomic mass is 9.87. The highest BCUT2D eigenvalue weighted by Gasteiger charge is 2.33. The molecule has 1 heterocycles. The molecule has 1 saturated carbocycles. The molecule has 2 atom stereocenters. The summed E-state index contributed by atoms with van der Waals surface area (Å²) in [5, 5.41) is 17.2. The van der Waals surface area contributed by atoms with Crippen LogP contribution in [0.25, 0.3) is 0 Å². The van der Waals surface area contributed by atoms with Crippen molar-refractivity contribution in [2.24, 2.45) is 0 Å². The number of benzene rings is 1. The third kappa shape index (κ3) is 2.46. The summed E-state index contributed by atoms with van der Waals surface area (Å²) in [6.07, 6.45) is 4.71. The largest absolute Gasteiger partial charge is 0.312 e. The smallest absolute Gasteiger partial charge is 0.209 e. The van der Waals surface area contributed by atoms with E-state index in [1.54, 1.807) is 0 Å². The molecule has 0 spiro atoms. The fourth-order valence-electron chi connectivity index (χ4n) is 3.15. The van der Waals surface area contributed by atoms with Gasteiger partial charge in [-0.15, -0.1) is 5.10 Å². The molecule has 21 heavy (non-hydrogen) atoms. The van der Waals surface area contributed by atoms with Crippen LogP contribution in [-0.4, -0.2) is 32.5 Å². The Morgan fingerprint density at radius 1 is 1.24 bits per heavy atom. The highest BCUT2D eigenvalue weighted by atomic mass is 32.2. The number of hydrogen-bond acceptors (Lipinski definition) is 5. The van der Waals surface area contributed by atoms with Crippen molar-refractivity contribution in [1.29, 1.82) is 0 Å². The first-order chi connectivity index (χ1) is 10.4. The zero-order chi connectivity index (χ0) is 14.2. The third-order valence-corrected chi connectivity index (χ3v) is 5.67. The van der Waals surface area contributed by atoms with Crippen molar-refractivity contribution >= 4 is 11.8 Å². The van der Waals surface area contributed by atoms with Crippen LogP contribution in [0, 0.1) is 0 Å². The van der Waals surface area contributed by atoms with E-state index in [0.717, 1.165) is 18.0 Å². The number of tetrazole rings is 1. The molecule has 0 saturated heterocycles. The minimum atomic E-state index is 0.365. The Kier molecular flexibility index (Phi) is 3.43. The summed E-state index contributed by atoms with van der Waals surface area (Å²) in [5.41, 5.74) is 2.89. The Balaban J connectivity index is 1.59. The van der Waals surface area contributed by atoms with Gasteiger partial charge >= 0.3 is 0 Å². The lowest BCUT2D eigenvalue weighted by Gasteiger charge is -2.32. The van der Waals surface area contributed by atoms with E-state index in [4.69, 9.17) is 0 Å². The molecule has 0 aliphatic heterocycles. The van der Waals surface area contributed by atoms with Crippen molar-refractivity contribution in [3.8, 4) is 0 Å². The first-order valence-corrected chi connectivity index (χ1v) is 8.44. The predicted octanol–water partition coefficient (Wildman–Crippen LogP) is 2.38. The monoisotopic (exact) mass is 301 g/mol. The summed E-state index contributed by atoms with van der Waals surface area (Å²) in [6.45, 7) is 0. The average Bonchev–Trinajstić information content (AvgIpc) is 3.27. The van der Waals surface area contributed by atoms with Gasteiger partial charge in [0.1, 0.15) is 0 Å². The SMILES string of the molecule is CNC1c2ccccc2CCC1Sc1nnnn1C1CC1. The Morgan fingerprint density at radius 3 is 2.90 bits per heavy atom. The fourth-order valence-corrected chi connectivity index (χ4v) is 4.45. The zero-order valence-corrected chi connectivity index (χ0v) is 12.9. The van der Waals surface area contributed by atoms with Crippen LogP contribution in [0.1, 0.15) is 42.5 Å². The third-order valence-electron chi connectivity index (χ3n) is 4.38. The van der Waals surface area contributed by atoms with Crippen LogP contribution >= 0.6 is 11.8 Å². The molecule has 1 aromatic carbocycles. The molecule has 4 rings (SSSR count). The van der Waals surface area contributed by atoms with Gasteiger partial charge in [0, 0.05) is 11.3 Å². The first-order valence-electron chi connectivity index (χ1n) is 7.56. The minimum absolute atomic E-state index is 0.365. The maximum absolute atomic E-state index is 4.23. The van der Waals surface area contributed by atoms with Crippen LogP contribution in [-0.2, 0) is 6.42 Å². The van der Waals surface area contributed by atoms with Crippen LogP contribution in [0.15, 0.2) is 29.4 Å². The van der Waals surface area contributed by atoms with Gasteiger partial charge in [0.25, 0.3) is 0 Å². The second-order valence-corrected chi connectivity index (χ2v) is 7.00. The number of nitrogens with zero attached hydrogens (tertiary/aromatic N) is 4. The lowest BCUT2D eigenvalue weighted by Crippen LogP contribution is -2.32. The van der Waals surface area contributed by atoms with Crippen LogP contribution in [0.5, 0.6) is 0 Å². The normalized spacial score (nSPS) is 24.8. The Hall–Kier alpha value is -1.40. The van der Waals surface area contributed by atoms with Gasteiger partial charge in [0.05, 0.1) is 6.04 Å². The number of nitrogens with one attached hydrogen (secondary N) is 1. The highest BCUT2D eigenvalue weighted by Crippen LogP contribution is 2.42. The van der Waals surface area contributed by atoms with Crippen LogP contribution < -0.4 is 5.32 Å². The van der Waals surface area contributed by atoms with Gasteiger partial charge in [-0.3, -0.25) is 0 Å². The number of rotatable bonds is 4. The van der Waals surface area contributed by atoms with Crippen molar-refractivity contribution in [3.63, 3.8) is 0 Å². The van der Waals surface area contributed by atoms with Gasteiger partial charge < -0.3 is 5.32 Å². The molecule has 0 radical (unpaired) electrons. The second-order valence-electron chi connectivity index (χ2n) is 5.80. The molecule has 2 aliphatic carbocycles. The van der Waals surface area contributed by atoms with Gasteiger partial charge in [-0.25, -0.2) is 4.68 Å². The van der Waals surface area contributed by atoms with Crippen LogP contribution in [0.2, 0.25) is 0 Å². The number of thioether (sulfide) groups is 1. The van der Waals surface area contributed by atoms with Gasteiger partial charge in [-0.1, -0.05) is 36.0 Å². The molecular formula is C15H19N5S. The molecule has 6 heteroatoms. The summed E-state index contributed by atoms with van der Waals surface area (Å²) >= 11 is 1.83. The van der Waals surface area contributed by atoms with Crippen molar-refractivity contribution in [3.05, 3.63) is 35.4 Å². The summed E-state index contributed by atoms with van der Waals surface area (Å²) in [5.74, 6) is 0. The summed E-state index contributed by atoms with van der Waals surface area (Å²) in [7, 11) is 2.05. The highest BCUT2D eigenvalue weighted by molar-refractivity contribution is 7.99. The zero-order valence-electron chi connectivity index (χ0n) is 12.1. The molecule has 1 N–H and O–H groups in total. The minimum Gasteiger partial charge on any atom is -0.312 e. The van der Waals surface area contributed by atoms with E-state index in [1.807, 2.05) is 23.5 Å². The predicted molar refractivity (Wildman–Crippen MR) is 82.3 cm³/mol. The average molecular weight is 301 g/mol. The Labute approximate surface area is 128 Å². The number of aryl methyl sites for hydroxylation is 1. The first kappa shape index (κ1) is 13.3. The molecule has 2 unspecified atom stereocenters. The summed E-state index contributed by atoms with van der Waals surface area (Å²) in [4.78, 5) is 0. The van der Waals surface area contributed by atoms with Crippen molar-refractivity contribution in [1.82, 2.24) is 25.5 Å². The molecule has 1 fully saturated rings. The van der Waals surface area contributed by atoms with E-state index in [1.165, 1.54) is 24.0 Å². The van der Waals surface area contributed by atoms with E-state index in [9.17, 15) is 0 Å². The van der Waals surface area contributed by atoms with Gasteiger partial charge in [-0.2, -0.15) is 0 Å². The number of hydrogen-bond donors (Lipinski definition) is 1. The van der Waals surface area contributed by atoms with E-state index in [-0.39, 0.29) is 0 Å². The standard InChI is InChI=1S/C15H19N5S/c1-16-14-12-5-3-2-4-10(12)6-9-13(14)21-15-17-18-19-20(15)11-7-8-11/h2-5,11,13-14,16H,6-9H2,1H3. The van der Waals surface area contributed by atoms with E-state index >= 15 is 0 Å². The summed E-state index contributed by atoms with van der Waals surface area (Å²) < 4.78 is 2.01. The van der Waals surface area contributed by atoms with Crippen LogP contribution in [0.3, 0.4) is 0 Å². The maximum Gasteiger partial charge on any atom is 0.209 e. The van der Waals surface area contributed by atoms with Gasteiger partial charge in [0.15, 0.2) is 0 Å². The second kappa shape index (κ2) is 5.42. The van der Waals surface area contributed by atoms with Crippen molar-refractivity contribution in [2.75, 3.05) is 7.05 Å². The molecule has 110 valence electrons. The Morgan fingerprint density at radius 2 is 2.10 bits per heavy atom. The maximum atomic E-state index is 4.23. The molecule has 5 nitrogen and oxygen atoms in total. The van der Waals surface area contributed by atoms with E-state index in [2.05, 4.69) is 45.1 Å². The van der Waals surface area contributed by atoms with Gasteiger partial charge in [-0.05, 0) is 54.3 Å². The molecule has 2 aliphatic rings. The lowest BCUT2D eigenvalue weighted by molar-refractivity contribution is 0.505. The van der Waals surface area contributed by atoms with Crippen molar-refractivity contribution in [2.45, 2.75) is 48.2 Å². The fraction of sp³-hybridized carbons (Fsp3) is 0.533.